The van der Waals surface area contributed by atoms with Crippen LogP contribution >= 0.6 is 15.9 Å². The van der Waals surface area contributed by atoms with E-state index in [0.29, 0.717) is 18.7 Å². The maximum Gasteiger partial charge on any atom is 0.129 e. The van der Waals surface area contributed by atoms with Crippen LogP contribution in [0.1, 0.15) is 29.7 Å². The summed E-state index contributed by atoms with van der Waals surface area (Å²) in [4.78, 5) is 0. The lowest BCUT2D eigenvalue weighted by Crippen LogP contribution is -2.20. The molecule has 0 saturated heterocycles. The number of hydrogen-bond acceptors (Lipinski definition) is 2. The number of rotatable bonds is 6. The van der Waals surface area contributed by atoms with Gasteiger partial charge in [-0.2, -0.15) is 0 Å². The van der Waals surface area contributed by atoms with E-state index < -0.39 is 0 Å². The molecule has 0 fully saturated rings. The maximum absolute atomic E-state index is 13.9. The molecule has 0 aliphatic rings. The zero-order valence-electron chi connectivity index (χ0n) is 12.2. The van der Waals surface area contributed by atoms with E-state index in [1.165, 1.54) is 11.6 Å². The van der Waals surface area contributed by atoms with Crippen LogP contribution in [0.2, 0.25) is 0 Å². The van der Waals surface area contributed by atoms with E-state index in [1.54, 1.807) is 13.2 Å². The zero-order valence-corrected chi connectivity index (χ0v) is 13.8. The average Bonchev–Trinajstić information content (AvgIpc) is 2.46. The first kappa shape index (κ1) is 16.1. The van der Waals surface area contributed by atoms with E-state index in [1.807, 2.05) is 31.2 Å². The van der Waals surface area contributed by atoms with Gasteiger partial charge in [0.1, 0.15) is 5.82 Å². The summed E-state index contributed by atoms with van der Waals surface area (Å²) in [6.07, 6.45) is 0. The summed E-state index contributed by atoms with van der Waals surface area (Å²) in [6.45, 7) is 3.22. The highest BCUT2D eigenvalue weighted by atomic mass is 79.9. The molecule has 2 aromatic carbocycles. The van der Waals surface area contributed by atoms with Gasteiger partial charge >= 0.3 is 0 Å². The van der Waals surface area contributed by atoms with Crippen LogP contribution in [0.25, 0.3) is 0 Å². The molecule has 0 aliphatic carbocycles. The van der Waals surface area contributed by atoms with Gasteiger partial charge in [-0.15, -0.1) is 0 Å². The normalized spacial score (nSPS) is 12.4. The van der Waals surface area contributed by atoms with E-state index in [4.69, 9.17) is 4.74 Å². The Bertz CT molecular complexity index is 603. The molecule has 0 amide bonds. The first-order valence-corrected chi connectivity index (χ1v) is 7.65. The molecule has 0 saturated carbocycles. The van der Waals surface area contributed by atoms with Gasteiger partial charge in [0.15, 0.2) is 0 Å². The van der Waals surface area contributed by atoms with Crippen molar-refractivity contribution in [3.8, 4) is 0 Å². The summed E-state index contributed by atoms with van der Waals surface area (Å²) in [6, 6.07) is 13.2. The second kappa shape index (κ2) is 7.69. The van der Waals surface area contributed by atoms with Gasteiger partial charge in [-0.1, -0.05) is 46.3 Å². The first-order valence-electron chi connectivity index (χ1n) is 6.86. The van der Waals surface area contributed by atoms with Crippen molar-refractivity contribution in [2.24, 2.45) is 0 Å². The minimum absolute atomic E-state index is 0.0614. The fraction of sp³-hybridized carbons (Fsp3) is 0.294. The number of halogens is 2. The van der Waals surface area contributed by atoms with Gasteiger partial charge < -0.3 is 10.1 Å². The molecule has 0 radical (unpaired) electrons. The minimum Gasteiger partial charge on any atom is -0.380 e. The van der Waals surface area contributed by atoms with Crippen molar-refractivity contribution in [3.05, 3.63) is 69.4 Å². The summed E-state index contributed by atoms with van der Waals surface area (Å²) in [7, 11) is 1.68. The summed E-state index contributed by atoms with van der Waals surface area (Å²) >= 11 is 3.27. The molecule has 2 rings (SSSR count). The maximum atomic E-state index is 13.9. The lowest BCUT2D eigenvalue weighted by Gasteiger charge is -2.17. The van der Waals surface area contributed by atoms with Gasteiger partial charge in [-0.25, -0.2) is 4.39 Å². The second-order valence-electron chi connectivity index (χ2n) is 4.97. The van der Waals surface area contributed by atoms with Crippen molar-refractivity contribution in [1.29, 1.82) is 0 Å². The highest BCUT2D eigenvalue weighted by Gasteiger charge is 2.11. The molecule has 112 valence electrons. The zero-order chi connectivity index (χ0) is 15.2. The molecule has 1 unspecified atom stereocenters. The molecule has 0 bridgehead atoms. The van der Waals surface area contributed by atoms with Gasteiger partial charge in [0, 0.05) is 29.7 Å². The Balaban J connectivity index is 2.05. The van der Waals surface area contributed by atoms with Crippen molar-refractivity contribution < 1.29 is 9.13 Å². The van der Waals surface area contributed by atoms with Crippen LogP contribution in [-0.4, -0.2) is 7.11 Å². The van der Waals surface area contributed by atoms with E-state index in [9.17, 15) is 4.39 Å². The lowest BCUT2D eigenvalue weighted by molar-refractivity contribution is 0.184. The fourth-order valence-electron chi connectivity index (χ4n) is 2.25. The van der Waals surface area contributed by atoms with Gasteiger partial charge in [-0.3, -0.25) is 0 Å². The standard InChI is InChI=1S/C17H19BrFNO/c1-12(16-8-7-15(18)9-17(16)19)20-10-13-5-3-4-6-14(13)11-21-2/h3-9,12,20H,10-11H2,1-2H3. The third kappa shape index (κ3) is 4.37. The predicted molar refractivity (Wildman–Crippen MR) is 86.5 cm³/mol. The number of ether oxygens (including phenoxy) is 1. The van der Waals surface area contributed by atoms with Crippen LogP contribution in [0.5, 0.6) is 0 Å². The van der Waals surface area contributed by atoms with Crippen LogP contribution in [-0.2, 0) is 17.9 Å². The molecule has 2 aromatic rings. The molecule has 1 atom stereocenters. The van der Waals surface area contributed by atoms with Crippen molar-refractivity contribution in [2.45, 2.75) is 26.1 Å². The third-order valence-corrected chi connectivity index (χ3v) is 3.94. The Morgan fingerprint density at radius 3 is 2.57 bits per heavy atom. The lowest BCUT2D eigenvalue weighted by atomic mass is 10.1. The molecule has 2 nitrogen and oxygen atoms in total. The number of benzene rings is 2. The van der Waals surface area contributed by atoms with Crippen molar-refractivity contribution in [3.63, 3.8) is 0 Å². The number of hydrogen-bond donors (Lipinski definition) is 1. The number of methoxy groups -OCH3 is 1. The van der Waals surface area contributed by atoms with E-state index in [0.717, 1.165) is 10.0 Å². The van der Waals surface area contributed by atoms with Gasteiger partial charge in [0.05, 0.1) is 6.61 Å². The van der Waals surface area contributed by atoms with Crippen molar-refractivity contribution in [2.75, 3.05) is 7.11 Å². The molecule has 0 aliphatic heterocycles. The van der Waals surface area contributed by atoms with E-state index in [2.05, 4.69) is 27.3 Å². The van der Waals surface area contributed by atoms with Crippen LogP contribution in [0.4, 0.5) is 4.39 Å². The predicted octanol–water partition coefficient (Wildman–Crippen LogP) is 4.59. The van der Waals surface area contributed by atoms with Crippen molar-refractivity contribution in [1.82, 2.24) is 5.32 Å². The summed E-state index contributed by atoms with van der Waals surface area (Å²) < 4.78 is 19.9. The second-order valence-corrected chi connectivity index (χ2v) is 5.89. The molecular weight excluding hydrogens is 333 g/mol. The highest BCUT2D eigenvalue weighted by molar-refractivity contribution is 9.10. The smallest absolute Gasteiger partial charge is 0.129 e. The monoisotopic (exact) mass is 351 g/mol. The van der Waals surface area contributed by atoms with Crippen LogP contribution < -0.4 is 5.32 Å². The van der Waals surface area contributed by atoms with E-state index >= 15 is 0 Å². The van der Waals surface area contributed by atoms with Gasteiger partial charge in [0.2, 0.25) is 0 Å². The Labute approximate surface area is 133 Å². The first-order chi connectivity index (χ1) is 10.1. The Morgan fingerprint density at radius 1 is 1.19 bits per heavy atom. The molecule has 0 aromatic heterocycles. The Kier molecular flexibility index (Phi) is 5.91. The Hall–Kier alpha value is -1.23. The fourth-order valence-corrected chi connectivity index (χ4v) is 2.59. The molecule has 0 heterocycles. The van der Waals surface area contributed by atoms with E-state index in [-0.39, 0.29) is 11.9 Å². The summed E-state index contributed by atoms with van der Waals surface area (Å²) in [5, 5.41) is 3.36. The minimum atomic E-state index is -0.199. The van der Waals surface area contributed by atoms with Crippen LogP contribution in [0, 0.1) is 5.82 Å². The summed E-state index contributed by atoms with van der Waals surface area (Å²) in [5.41, 5.74) is 2.99. The largest absolute Gasteiger partial charge is 0.380 e. The quantitative estimate of drug-likeness (QED) is 0.821. The Morgan fingerprint density at radius 2 is 1.90 bits per heavy atom. The third-order valence-electron chi connectivity index (χ3n) is 3.45. The van der Waals surface area contributed by atoms with Gasteiger partial charge in [0.25, 0.3) is 0 Å². The van der Waals surface area contributed by atoms with Gasteiger partial charge in [-0.05, 0) is 30.2 Å². The number of nitrogens with one attached hydrogen (secondary N) is 1. The molecule has 1 N–H and O–H groups in total. The summed E-state index contributed by atoms with van der Waals surface area (Å²) in [5.74, 6) is -0.199. The van der Waals surface area contributed by atoms with Crippen molar-refractivity contribution >= 4 is 15.9 Å². The average molecular weight is 352 g/mol. The highest BCUT2D eigenvalue weighted by Crippen LogP contribution is 2.21. The molecule has 4 heteroatoms. The van der Waals surface area contributed by atoms with Crippen LogP contribution in [0.3, 0.4) is 0 Å². The molecule has 21 heavy (non-hydrogen) atoms. The van der Waals surface area contributed by atoms with Crippen LogP contribution in [0.15, 0.2) is 46.9 Å². The molecule has 0 spiro atoms. The SMILES string of the molecule is COCc1ccccc1CNC(C)c1ccc(Br)cc1F. The molecular formula is C17H19BrFNO. The topological polar surface area (TPSA) is 21.3 Å².